The van der Waals surface area contributed by atoms with Gasteiger partial charge in [0, 0.05) is 0 Å². The van der Waals surface area contributed by atoms with Crippen LogP contribution in [0.25, 0.3) is 0 Å². The number of hydrogen-bond donors (Lipinski definition) is 0. The maximum absolute atomic E-state index is 4.00. The first-order chi connectivity index (χ1) is 6.25. The van der Waals surface area contributed by atoms with Crippen molar-refractivity contribution < 1.29 is 0 Å². The summed E-state index contributed by atoms with van der Waals surface area (Å²) in [5.41, 5.74) is 1.70. The maximum Gasteiger partial charge on any atom is 0.0667 e. The lowest BCUT2D eigenvalue weighted by Gasteiger charge is -2.34. The minimum absolute atomic E-state index is 0.852. The Bertz CT molecular complexity index is 173. The molecule has 0 N–H and O–H groups in total. The number of hydrogen-bond acceptors (Lipinski definition) is 0. The molecule has 0 amide bonds. The maximum atomic E-state index is 4.00. The monoisotopic (exact) mass is 194 g/mol. The van der Waals surface area contributed by atoms with Gasteiger partial charge in [-0.2, -0.15) is 0 Å². The normalized spacial score (nSPS) is 31.5. The Balaban J connectivity index is 2.93. The summed E-state index contributed by atoms with van der Waals surface area (Å²) in [6.07, 6.45) is 7.19. The van der Waals surface area contributed by atoms with Crippen LogP contribution in [0, 0.1) is 0 Å². The molecule has 0 bridgehead atoms. The van der Waals surface area contributed by atoms with E-state index in [0.717, 1.165) is 11.1 Å². The van der Waals surface area contributed by atoms with Gasteiger partial charge in [-0.05, 0) is 23.9 Å². The second-order valence-electron chi connectivity index (χ2n) is 4.20. The van der Waals surface area contributed by atoms with Crippen LogP contribution in [0.15, 0.2) is 25.3 Å². The SMILES string of the molecule is C=C[C@@H]1CC[C@@H](C=C)[Si]1(CC)CC. The molecule has 1 aliphatic heterocycles. The van der Waals surface area contributed by atoms with Gasteiger partial charge in [-0.1, -0.05) is 38.1 Å². The van der Waals surface area contributed by atoms with Crippen LogP contribution in [-0.4, -0.2) is 8.07 Å². The molecule has 0 radical (unpaired) electrons. The highest BCUT2D eigenvalue weighted by atomic mass is 28.3. The molecule has 13 heavy (non-hydrogen) atoms. The molecule has 0 aromatic carbocycles. The van der Waals surface area contributed by atoms with Gasteiger partial charge in [0.05, 0.1) is 8.07 Å². The van der Waals surface area contributed by atoms with Crippen LogP contribution < -0.4 is 0 Å². The molecule has 0 aliphatic carbocycles. The predicted molar refractivity (Wildman–Crippen MR) is 63.8 cm³/mol. The van der Waals surface area contributed by atoms with Gasteiger partial charge in [-0.3, -0.25) is 0 Å². The quantitative estimate of drug-likeness (QED) is 0.460. The van der Waals surface area contributed by atoms with Crippen molar-refractivity contribution in [2.75, 3.05) is 0 Å². The Kier molecular flexibility index (Phi) is 3.54. The third kappa shape index (κ3) is 1.54. The van der Waals surface area contributed by atoms with Gasteiger partial charge in [0.25, 0.3) is 0 Å². The van der Waals surface area contributed by atoms with Gasteiger partial charge in [0.2, 0.25) is 0 Å². The Morgan fingerprint density at radius 2 is 1.46 bits per heavy atom. The molecule has 0 saturated carbocycles. The van der Waals surface area contributed by atoms with Crippen LogP contribution in [0.4, 0.5) is 0 Å². The van der Waals surface area contributed by atoms with Crippen molar-refractivity contribution in [1.29, 1.82) is 0 Å². The van der Waals surface area contributed by atoms with Crippen molar-refractivity contribution in [3.05, 3.63) is 25.3 Å². The third-order valence-electron chi connectivity index (χ3n) is 4.15. The average Bonchev–Trinajstić information content (AvgIpc) is 2.55. The van der Waals surface area contributed by atoms with E-state index in [0.29, 0.717) is 0 Å². The van der Waals surface area contributed by atoms with E-state index in [1.807, 2.05) is 0 Å². The molecule has 1 aliphatic rings. The van der Waals surface area contributed by atoms with Gasteiger partial charge in [0.15, 0.2) is 0 Å². The molecule has 0 unspecified atom stereocenters. The molecule has 0 spiro atoms. The summed E-state index contributed by atoms with van der Waals surface area (Å²) in [4.78, 5) is 0. The number of allylic oxidation sites excluding steroid dienone is 2. The van der Waals surface area contributed by atoms with Gasteiger partial charge in [0.1, 0.15) is 0 Å². The Morgan fingerprint density at radius 1 is 1.08 bits per heavy atom. The van der Waals surface area contributed by atoms with E-state index in [9.17, 15) is 0 Å². The molecule has 1 saturated heterocycles. The highest BCUT2D eigenvalue weighted by Crippen LogP contribution is 2.52. The van der Waals surface area contributed by atoms with Gasteiger partial charge in [-0.15, -0.1) is 13.2 Å². The van der Waals surface area contributed by atoms with Crippen LogP contribution >= 0.6 is 0 Å². The lowest BCUT2D eigenvalue weighted by molar-refractivity contribution is 0.824. The zero-order chi connectivity index (χ0) is 9.90. The first-order valence-corrected chi connectivity index (χ1v) is 8.07. The highest BCUT2D eigenvalue weighted by molar-refractivity contribution is 6.84. The van der Waals surface area contributed by atoms with E-state index in [1.165, 1.54) is 24.9 Å². The second kappa shape index (κ2) is 4.27. The predicted octanol–water partition coefficient (Wildman–Crippen LogP) is 4.38. The zero-order valence-corrected chi connectivity index (χ0v) is 10.1. The zero-order valence-electron chi connectivity index (χ0n) is 9.05. The van der Waals surface area contributed by atoms with Crippen LogP contribution in [0.1, 0.15) is 26.7 Å². The summed E-state index contributed by atoms with van der Waals surface area (Å²) < 4.78 is 0. The minimum Gasteiger partial charge on any atom is -0.103 e. The molecule has 74 valence electrons. The Morgan fingerprint density at radius 3 is 1.69 bits per heavy atom. The summed E-state index contributed by atoms with van der Waals surface area (Å²) in [5, 5.41) is 0. The summed E-state index contributed by atoms with van der Waals surface area (Å²) in [6.45, 7) is 12.7. The molecular weight excluding hydrogens is 172 g/mol. The fraction of sp³-hybridized carbons (Fsp3) is 0.667. The molecule has 1 rings (SSSR count). The molecule has 1 fully saturated rings. The summed E-state index contributed by atoms with van der Waals surface area (Å²) in [7, 11) is -1.08. The van der Waals surface area contributed by atoms with E-state index in [2.05, 4.69) is 39.2 Å². The fourth-order valence-electron chi connectivity index (χ4n) is 3.21. The second-order valence-corrected chi connectivity index (χ2v) is 9.57. The molecule has 2 atom stereocenters. The molecule has 0 aromatic heterocycles. The lowest BCUT2D eigenvalue weighted by Crippen LogP contribution is -2.37. The summed E-state index contributed by atoms with van der Waals surface area (Å²) in [5.74, 6) is 0. The van der Waals surface area contributed by atoms with E-state index in [4.69, 9.17) is 0 Å². The highest BCUT2D eigenvalue weighted by Gasteiger charge is 2.46. The van der Waals surface area contributed by atoms with Crippen molar-refractivity contribution in [2.24, 2.45) is 0 Å². The number of rotatable bonds is 4. The molecule has 1 heteroatoms. The fourth-order valence-corrected chi connectivity index (χ4v) is 8.78. The molecule has 0 aromatic rings. The first-order valence-electron chi connectivity index (χ1n) is 5.50. The molecule has 0 nitrogen and oxygen atoms in total. The van der Waals surface area contributed by atoms with Crippen LogP contribution in [0.5, 0.6) is 0 Å². The van der Waals surface area contributed by atoms with Crippen molar-refractivity contribution in [3.8, 4) is 0 Å². The van der Waals surface area contributed by atoms with Crippen LogP contribution in [0.3, 0.4) is 0 Å². The van der Waals surface area contributed by atoms with E-state index < -0.39 is 8.07 Å². The average molecular weight is 194 g/mol. The largest absolute Gasteiger partial charge is 0.103 e. The Hall–Kier alpha value is -0.303. The third-order valence-corrected chi connectivity index (χ3v) is 10.8. The molecular formula is C12H22Si. The molecule has 1 heterocycles. The van der Waals surface area contributed by atoms with Gasteiger partial charge < -0.3 is 0 Å². The lowest BCUT2D eigenvalue weighted by atomic mass is 10.2. The van der Waals surface area contributed by atoms with E-state index in [-0.39, 0.29) is 0 Å². The van der Waals surface area contributed by atoms with E-state index >= 15 is 0 Å². The van der Waals surface area contributed by atoms with Crippen molar-refractivity contribution in [1.82, 2.24) is 0 Å². The van der Waals surface area contributed by atoms with Crippen molar-refractivity contribution >= 4 is 8.07 Å². The van der Waals surface area contributed by atoms with Gasteiger partial charge in [-0.25, -0.2) is 0 Å². The smallest absolute Gasteiger partial charge is 0.0667 e. The summed E-state index contributed by atoms with van der Waals surface area (Å²) >= 11 is 0. The van der Waals surface area contributed by atoms with Crippen molar-refractivity contribution in [2.45, 2.75) is 49.9 Å². The van der Waals surface area contributed by atoms with Crippen molar-refractivity contribution in [3.63, 3.8) is 0 Å². The van der Waals surface area contributed by atoms with Crippen LogP contribution in [0.2, 0.25) is 23.2 Å². The van der Waals surface area contributed by atoms with Crippen LogP contribution in [-0.2, 0) is 0 Å². The topological polar surface area (TPSA) is 0 Å². The van der Waals surface area contributed by atoms with Gasteiger partial charge >= 0.3 is 0 Å². The standard InChI is InChI=1S/C12H22Si/c1-5-11-9-10-12(6-2)13(11,7-3)8-4/h5-6,11-12H,1-2,7-10H2,3-4H3/t11-,12-/m1/s1. The minimum atomic E-state index is -1.08. The Labute approximate surface area is 83.7 Å². The van der Waals surface area contributed by atoms with E-state index in [1.54, 1.807) is 0 Å². The first kappa shape index (κ1) is 10.8. The summed E-state index contributed by atoms with van der Waals surface area (Å²) in [6, 6.07) is 2.80.